The summed E-state index contributed by atoms with van der Waals surface area (Å²) < 4.78 is 11.1. The SMILES string of the molecule is CCCC(CCCCN1CCc2cc(OC)c(OC)cc2C1C)(c1ccccc1)c1ccccc1. The van der Waals surface area contributed by atoms with E-state index < -0.39 is 0 Å². The molecular formula is C32H41NO2. The predicted molar refractivity (Wildman–Crippen MR) is 146 cm³/mol. The van der Waals surface area contributed by atoms with E-state index in [0.29, 0.717) is 6.04 Å². The van der Waals surface area contributed by atoms with Crippen molar-refractivity contribution in [2.75, 3.05) is 27.3 Å². The van der Waals surface area contributed by atoms with Crippen LogP contribution >= 0.6 is 0 Å². The van der Waals surface area contributed by atoms with E-state index in [9.17, 15) is 0 Å². The van der Waals surface area contributed by atoms with E-state index in [0.717, 1.165) is 31.0 Å². The highest BCUT2D eigenvalue weighted by atomic mass is 16.5. The third-order valence-corrected chi connectivity index (χ3v) is 7.94. The van der Waals surface area contributed by atoms with Crippen molar-refractivity contribution in [3.8, 4) is 11.5 Å². The van der Waals surface area contributed by atoms with E-state index >= 15 is 0 Å². The molecule has 35 heavy (non-hydrogen) atoms. The molecule has 1 heterocycles. The number of ether oxygens (including phenoxy) is 2. The highest BCUT2D eigenvalue weighted by Gasteiger charge is 2.33. The second kappa shape index (κ2) is 11.8. The van der Waals surface area contributed by atoms with Crippen LogP contribution in [-0.4, -0.2) is 32.2 Å². The van der Waals surface area contributed by atoms with Gasteiger partial charge in [0.2, 0.25) is 0 Å². The van der Waals surface area contributed by atoms with Crippen LogP contribution in [0.4, 0.5) is 0 Å². The zero-order chi connectivity index (χ0) is 24.7. The summed E-state index contributed by atoms with van der Waals surface area (Å²) in [6.45, 7) is 6.87. The van der Waals surface area contributed by atoms with Gasteiger partial charge in [-0.25, -0.2) is 0 Å². The minimum absolute atomic E-state index is 0.0846. The molecule has 4 rings (SSSR count). The molecule has 0 fully saturated rings. The molecule has 0 saturated carbocycles. The Kier molecular flexibility index (Phi) is 8.51. The molecule has 0 aliphatic carbocycles. The first-order valence-electron chi connectivity index (χ1n) is 13.2. The smallest absolute Gasteiger partial charge is 0.161 e. The Morgan fingerprint density at radius 2 is 1.43 bits per heavy atom. The van der Waals surface area contributed by atoms with Crippen LogP contribution in [0.15, 0.2) is 72.8 Å². The van der Waals surface area contributed by atoms with Gasteiger partial charge < -0.3 is 9.47 Å². The van der Waals surface area contributed by atoms with Crippen LogP contribution in [0.1, 0.15) is 74.2 Å². The lowest BCUT2D eigenvalue weighted by molar-refractivity contribution is 0.191. The molecule has 1 unspecified atom stereocenters. The summed E-state index contributed by atoms with van der Waals surface area (Å²) >= 11 is 0. The van der Waals surface area contributed by atoms with Crippen molar-refractivity contribution < 1.29 is 9.47 Å². The first-order valence-corrected chi connectivity index (χ1v) is 13.2. The summed E-state index contributed by atoms with van der Waals surface area (Å²) in [6.07, 6.45) is 7.02. The molecule has 3 aromatic rings. The molecule has 3 aromatic carbocycles. The number of hydrogen-bond acceptors (Lipinski definition) is 3. The molecule has 0 radical (unpaired) electrons. The first kappa shape index (κ1) is 25.3. The minimum Gasteiger partial charge on any atom is -0.493 e. The van der Waals surface area contributed by atoms with Gasteiger partial charge >= 0.3 is 0 Å². The Balaban J connectivity index is 1.46. The Bertz CT molecular complexity index is 1020. The van der Waals surface area contributed by atoms with Crippen LogP contribution < -0.4 is 9.47 Å². The average molecular weight is 472 g/mol. The number of hydrogen-bond donors (Lipinski definition) is 0. The fraction of sp³-hybridized carbons (Fsp3) is 0.438. The van der Waals surface area contributed by atoms with Crippen LogP contribution in [0.25, 0.3) is 0 Å². The van der Waals surface area contributed by atoms with Crippen molar-refractivity contribution in [2.24, 2.45) is 0 Å². The molecular weight excluding hydrogens is 430 g/mol. The summed E-state index contributed by atoms with van der Waals surface area (Å²) in [4.78, 5) is 2.64. The van der Waals surface area contributed by atoms with Crippen LogP contribution in [0, 0.1) is 0 Å². The van der Waals surface area contributed by atoms with Gasteiger partial charge in [0.05, 0.1) is 14.2 Å². The van der Waals surface area contributed by atoms with Gasteiger partial charge in [-0.1, -0.05) is 80.4 Å². The third-order valence-electron chi connectivity index (χ3n) is 7.94. The number of unbranched alkanes of at least 4 members (excludes halogenated alkanes) is 1. The van der Waals surface area contributed by atoms with Crippen molar-refractivity contribution in [1.29, 1.82) is 0 Å². The van der Waals surface area contributed by atoms with E-state index in [1.54, 1.807) is 14.2 Å². The van der Waals surface area contributed by atoms with Gasteiger partial charge in [-0.2, -0.15) is 0 Å². The quantitative estimate of drug-likeness (QED) is 0.269. The second-order valence-corrected chi connectivity index (χ2v) is 9.89. The second-order valence-electron chi connectivity index (χ2n) is 9.89. The van der Waals surface area contributed by atoms with Crippen LogP contribution in [0.5, 0.6) is 11.5 Å². The molecule has 0 spiro atoms. The number of fused-ring (bicyclic) bond motifs is 1. The topological polar surface area (TPSA) is 21.7 Å². The number of benzene rings is 3. The van der Waals surface area contributed by atoms with E-state index in [2.05, 4.69) is 91.5 Å². The Hall–Kier alpha value is -2.78. The van der Waals surface area contributed by atoms with Crippen molar-refractivity contribution in [1.82, 2.24) is 4.90 Å². The van der Waals surface area contributed by atoms with Crippen molar-refractivity contribution in [3.63, 3.8) is 0 Å². The summed E-state index contributed by atoms with van der Waals surface area (Å²) in [6, 6.07) is 27.1. The summed E-state index contributed by atoms with van der Waals surface area (Å²) in [5.74, 6) is 1.66. The summed E-state index contributed by atoms with van der Waals surface area (Å²) in [7, 11) is 3.43. The van der Waals surface area contributed by atoms with Gasteiger partial charge in [-0.15, -0.1) is 0 Å². The van der Waals surface area contributed by atoms with Gasteiger partial charge in [0, 0.05) is 18.0 Å². The molecule has 3 heteroatoms. The minimum atomic E-state index is 0.0846. The standard InChI is InChI=1S/C32H41NO2/c1-5-19-32(27-14-8-6-9-15-27,28-16-10-7-11-17-28)20-12-13-21-33-22-18-26-23-30(34-3)31(35-4)24-29(26)25(33)2/h6-11,14-17,23-25H,5,12-13,18-22H2,1-4H3. The lowest BCUT2D eigenvalue weighted by atomic mass is 9.68. The highest BCUT2D eigenvalue weighted by Crippen LogP contribution is 2.42. The fourth-order valence-electron chi connectivity index (χ4n) is 6.05. The maximum Gasteiger partial charge on any atom is 0.161 e. The lowest BCUT2D eigenvalue weighted by Gasteiger charge is -2.37. The van der Waals surface area contributed by atoms with Crippen LogP contribution in [-0.2, 0) is 11.8 Å². The highest BCUT2D eigenvalue weighted by molar-refractivity contribution is 5.49. The molecule has 1 aliphatic rings. The lowest BCUT2D eigenvalue weighted by Crippen LogP contribution is -2.35. The Morgan fingerprint density at radius 3 is 2.00 bits per heavy atom. The molecule has 0 aromatic heterocycles. The predicted octanol–water partition coefficient (Wildman–Crippen LogP) is 7.58. The summed E-state index contributed by atoms with van der Waals surface area (Å²) in [5.41, 5.74) is 5.76. The summed E-state index contributed by atoms with van der Waals surface area (Å²) in [5, 5.41) is 0. The van der Waals surface area contributed by atoms with Gasteiger partial charge in [0.25, 0.3) is 0 Å². The molecule has 3 nitrogen and oxygen atoms in total. The van der Waals surface area contributed by atoms with Gasteiger partial charge in [0.15, 0.2) is 11.5 Å². The molecule has 0 amide bonds. The Labute approximate surface area is 212 Å². The van der Waals surface area contributed by atoms with Crippen molar-refractivity contribution in [2.45, 2.75) is 63.8 Å². The van der Waals surface area contributed by atoms with Gasteiger partial charge in [-0.05, 0) is 73.5 Å². The number of rotatable bonds is 11. The molecule has 0 bridgehead atoms. The maximum absolute atomic E-state index is 5.59. The maximum atomic E-state index is 5.59. The molecule has 0 N–H and O–H groups in total. The normalized spacial score (nSPS) is 16.1. The Morgan fingerprint density at radius 1 is 0.829 bits per heavy atom. The first-order chi connectivity index (χ1) is 17.1. The van der Waals surface area contributed by atoms with E-state index in [1.807, 2.05) is 0 Å². The molecule has 1 aliphatic heterocycles. The zero-order valence-electron chi connectivity index (χ0n) is 21.9. The van der Waals surface area contributed by atoms with E-state index in [1.165, 1.54) is 54.4 Å². The third kappa shape index (κ3) is 5.41. The molecule has 0 saturated heterocycles. The van der Waals surface area contributed by atoms with Crippen LogP contribution in [0.3, 0.4) is 0 Å². The largest absolute Gasteiger partial charge is 0.493 e. The van der Waals surface area contributed by atoms with Crippen molar-refractivity contribution in [3.05, 3.63) is 95.1 Å². The van der Waals surface area contributed by atoms with Crippen molar-refractivity contribution >= 4 is 0 Å². The zero-order valence-corrected chi connectivity index (χ0v) is 21.9. The van der Waals surface area contributed by atoms with Gasteiger partial charge in [0.1, 0.15) is 0 Å². The fourth-order valence-corrected chi connectivity index (χ4v) is 6.05. The number of nitrogens with zero attached hydrogens (tertiary/aromatic N) is 1. The van der Waals surface area contributed by atoms with E-state index in [-0.39, 0.29) is 5.41 Å². The monoisotopic (exact) mass is 471 g/mol. The number of methoxy groups -OCH3 is 2. The van der Waals surface area contributed by atoms with Gasteiger partial charge in [-0.3, -0.25) is 4.90 Å². The molecule has 1 atom stereocenters. The van der Waals surface area contributed by atoms with E-state index in [4.69, 9.17) is 9.47 Å². The average Bonchev–Trinajstić information content (AvgIpc) is 2.91. The molecule has 186 valence electrons. The van der Waals surface area contributed by atoms with Crippen LogP contribution in [0.2, 0.25) is 0 Å².